The molecule has 100 valence electrons. The lowest BCUT2D eigenvalue weighted by Gasteiger charge is -2.24. The number of aliphatic hydroxyl groups excluding tert-OH is 1. The number of hydrogen-bond donors (Lipinski definition) is 2. The van der Waals surface area contributed by atoms with Gasteiger partial charge in [0.05, 0.1) is 17.7 Å². The van der Waals surface area contributed by atoms with Crippen LogP contribution in [0, 0.1) is 11.3 Å². The third-order valence-corrected chi connectivity index (χ3v) is 3.24. The van der Waals surface area contributed by atoms with Gasteiger partial charge < -0.3 is 15.3 Å². The second-order valence-electron chi connectivity index (χ2n) is 4.52. The average Bonchev–Trinajstić information content (AvgIpc) is 2.62. The maximum absolute atomic E-state index is 12.4. The monoisotopic (exact) mass is 259 g/mol. The number of nitrogens with zero attached hydrogens (tertiary/aromatic N) is 2. The van der Waals surface area contributed by atoms with E-state index in [1.165, 1.54) is 0 Å². The van der Waals surface area contributed by atoms with Gasteiger partial charge in [0.15, 0.2) is 0 Å². The first kappa shape index (κ1) is 13.5. The molecule has 5 heteroatoms. The Hall–Kier alpha value is -1.90. The molecule has 1 amide bonds. The quantitative estimate of drug-likeness (QED) is 0.835. The fourth-order valence-electron chi connectivity index (χ4n) is 2.23. The van der Waals surface area contributed by atoms with Crippen LogP contribution in [0.5, 0.6) is 0 Å². The second-order valence-corrected chi connectivity index (χ2v) is 4.52. The predicted molar refractivity (Wildman–Crippen MR) is 71.6 cm³/mol. The standard InChI is InChI=1S/C14H17N3O2/c15-10-11-2-4-12(5-3-11)17-8-1-7-16-13(6-9-18)14(17)19/h2-5,13,16,18H,1,6-9H2. The van der Waals surface area contributed by atoms with Gasteiger partial charge in [-0.25, -0.2) is 0 Å². The van der Waals surface area contributed by atoms with Crippen molar-refractivity contribution in [1.29, 1.82) is 5.26 Å². The van der Waals surface area contributed by atoms with E-state index in [0.717, 1.165) is 18.7 Å². The summed E-state index contributed by atoms with van der Waals surface area (Å²) in [6.07, 6.45) is 1.29. The number of carbonyl (C=O) groups excluding carboxylic acids is 1. The lowest BCUT2D eigenvalue weighted by atomic mass is 10.1. The van der Waals surface area contributed by atoms with Gasteiger partial charge in [-0.2, -0.15) is 5.26 Å². The Bertz CT molecular complexity index is 478. The van der Waals surface area contributed by atoms with Crippen LogP contribution in [-0.4, -0.2) is 36.8 Å². The van der Waals surface area contributed by atoms with Gasteiger partial charge in [0.2, 0.25) is 5.91 Å². The first-order valence-corrected chi connectivity index (χ1v) is 6.42. The summed E-state index contributed by atoms with van der Waals surface area (Å²) in [5, 5.41) is 20.9. The molecule has 1 fully saturated rings. The molecule has 0 bridgehead atoms. The normalized spacial score (nSPS) is 19.9. The molecule has 1 atom stereocenters. The predicted octanol–water partition coefficient (Wildman–Crippen LogP) is 0.636. The van der Waals surface area contributed by atoms with Crippen molar-refractivity contribution in [3.05, 3.63) is 29.8 Å². The Morgan fingerprint density at radius 1 is 1.42 bits per heavy atom. The molecule has 1 heterocycles. The minimum Gasteiger partial charge on any atom is -0.396 e. The smallest absolute Gasteiger partial charge is 0.244 e. The molecule has 1 aromatic rings. The first-order chi connectivity index (χ1) is 9.26. The van der Waals surface area contributed by atoms with Crippen LogP contribution in [0.3, 0.4) is 0 Å². The average molecular weight is 259 g/mol. The Balaban J connectivity index is 2.20. The zero-order valence-corrected chi connectivity index (χ0v) is 10.7. The molecular weight excluding hydrogens is 242 g/mol. The first-order valence-electron chi connectivity index (χ1n) is 6.42. The largest absolute Gasteiger partial charge is 0.396 e. The molecule has 1 saturated heterocycles. The van der Waals surface area contributed by atoms with E-state index in [2.05, 4.69) is 11.4 Å². The number of hydrogen-bond acceptors (Lipinski definition) is 4. The van der Waals surface area contributed by atoms with Crippen molar-refractivity contribution in [3.8, 4) is 6.07 Å². The number of aliphatic hydroxyl groups is 1. The summed E-state index contributed by atoms with van der Waals surface area (Å²) in [6, 6.07) is 8.73. The summed E-state index contributed by atoms with van der Waals surface area (Å²) in [4.78, 5) is 14.1. The van der Waals surface area contributed by atoms with E-state index in [4.69, 9.17) is 10.4 Å². The molecule has 0 spiro atoms. The highest BCUT2D eigenvalue weighted by molar-refractivity contribution is 5.97. The van der Waals surface area contributed by atoms with Crippen molar-refractivity contribution in [1.82, 2.24) is 5.32 Å². The van der Waals surface area contributed by atoms with E-state index in [9.17, 15) is 4.79 Å². The molecule has 2 rings (SSSR count). The van der Waals surface area contributed by atoms with Gasteiger partial charge in [0.1, 0.15) is 0 Å². The van der Waals surface area contributed by atoms with Crippen molar-refractivity contribution >= 4 is 11.6 Å². The van der Waals surface area contributed by atoms with Crippen molar-refractivity contribution in [2.24, 2.45) is 0 Å². The van der Waals surface area contributed by atoms with Crippen LogP contribution >= 0.6 is 0 Å². The van der Waals surface area contributed by atoms with E-state index in [-0.39, 0.29) is 18.6 Å². The zero-order chi connectivity index (χ0) is 13.7. The summed E-state index contributed by atoms with van der Waals surface area (Å²) in [5.74, 6) is -0.0174. The number of nitriles is 1. The van der Waals surface area contributed by atoms with Crippen LogP contribution in [0.2, 0.25) is 0 Å². The SMILES string of the molecule is N#Cc1ccc(N2CCCNC(CCO)C2=O)cc1. The maximum atomic E-state index is 12.4. The molecular formula is C14H17N3O2. The molecule has 19 heavy (non-hydrogen) atoms. The Labute approximate surface area is 112 Å². The summed E-state index contributed by atoms with van der Waals surface area (Å²) >= 11 is 0. The molecule has 0 radical (unpaired) electrons. The fraction of sp³-hybridized carbons (Fsp3) is 0.429. The van der Waals surface area contributed by atoms with Crippen LogP contribution in [0.25, 0.3) is 0 Å². The molecule has 2 N–H and O–H groups in total. The molecule has 0 aliphatic carbocycles. The van der Waals surface area contributed by atoms with E-state index < -0.39 is 0 Å². The van der Waals surface area contributed by atoms with E-state index in [1.54, 1.807) is 29.2 Å². The summed E-state index contributed by atoms with van der Waals surface area (Å²) in [5.41, 5.74) is 1.38. The highest BCUT2D eigenvalue weighted by atomic mass is 16.3. The summed E-state index contributed by atoms with van der Waals surface area (Å²) in [6.45, 7) is 1.41. The molecule has 1 aliphatic heterocycles. The molecule has 1 aromatic carbocycles. The van der Waals surface area contributed by atoms with Crippen LogP contribution in [0.4, 0.5) is 5.69 Å². The van der Waals surface area contributed by atoms with Crippen LogP contribution in [0.1, 0.15) is 18.4 Å². The number of rotatable bonds is 3. The van der Waals surface area contributed by atoms with Crippen LogP contribution in [0.15, 0.2) is 24.3 Å². The molecule has 1 aliphatic rings. The van der Waals surface area contributed by atoms with Gasteiger partial charge in [-0.3, -0.25) is 4.79 Å². The maximum Gasteiger partial charge on any atom is 0.244 e. The van der Waals surface area contributed by atoms with Gasteiger partial charge in [-0.1, -0.05) is 0 Å². The Morgan fingerprint density at radius 3 is 2.79 bits per heavy atom. The fourth-order valence-corrected chi connectivity index (χ4v) is 2.23. The van der Waals surface area contributed by atoms with Gasteiger partial charge in [0.25, 0.3) is 0 Å². The van der Waals surface area contributed by atoms with Crippen molar-refractivity contribution in [2.45, 2.75) is 18.9 Å². The molecule has 5 nitrogen and oxygen atoms in total. The van der Waals surface area contributed by atoms with E-state index in [0.29, 0.717) is 18.5 Å². The van der Waals surface area contributed by atoms with Crippen molar-refractivity contribution < 1.29 is 9.90 Å². The third-order valence-electron chi connectivity index (χ3n) is 3.24. The highest BCUT2D eigenvalue weighted by Crippen LogP contribution is 2.18. The van der Waals surface area contributed by atoms with Crippen LogP contribution < -0.4 is 10.2 Å². The summed E-state index contributed by atoms with van der Waals surface area (Å²) < 4.78 is 0. The van der Waals surface area contributed by atoms with Crippen molar-refractivity contribution in [3.63, 3.8) is 0 Å². The Morgan fingerprint density at radius 2 is 2.16 bits per heavy atom. The number of anilines is 1. The molecule has 0 aromatic heterocycles. The third kappa shape index (κ3) is 3.11. The van der Waals surface area contributed by atoms with Gasteiger partial charge in [-0.15, -0.1) is 0 Å². The summed E-state index contributed by atoms with van der Waals surface area (Å²) in [7, 11) is 0. The minimum atomic E-state index is -0.330. The lowest BCUT2D eigenvalue weighted by molar-refractivity contribution is -0.120. The van der Waals surface area contributed by atoms with Crippen LogP contribution in [-0.2, 0) is 4.79 Å². The zero-order valence-electron chi connectivity index (χ0n) is 10.7. The lowest BCUT2D eigenvalue weighted by Crippen LogP contribution is -2.44. The molecule has 1 unspecified atom stereocenters. The number of amides is 1. The number of carbonyl (C=O) groups is 1. The van der Waals surface area contributed by atoms with Crippen molar-refractivity contribution in [2.75, 3.05) is 24.6 Å². The van der Waals surface area contributed by atoms with Gasteiger partial charge >= 0.3 is 0 Å². The van der Waals surface area contributed by atoms with E-state index in [1.807, 2.05) is 0 Å². The highest BCUT2D eigenvalue weighted by Gasteiger charge is 2.26. The number of nitrogens with one attached hydrogen (secondary N) is 1. The Kier molecular flexibility index (Phi) is 4.50. The minimum absolute atomic E-state index is 0.00931. The topological polar surface area (TPSA) is 76.4 Å². The number of benzene rings is 1. The second kappa shape index (κ2) is 6.32. The van der Waals surface area contributed by atoms with E-state index >= 15 is 0 Å². The molecule has 0 saturated carbocycles. The van der Waals surface area contributed by atoms with Gasteiger partial charge in [0, 0.05) is 18.8 Å². The van der Waals surface area contributed by atoms with Gasteiger partial charge in [-0.05, 0) is 43.7 Å².